The van der Waals surface area contributed by atoms with Crippen molar-refractivity contribution in [2.75, 3.05) is 36.5 Å². The molecule has 32 heavy (non-hydrogen) atoms. The Morgan fingerprint density at radius 3 is 2.25 bits per heavy atom. The smallest absolute Gasteiger partial charge is 0.412 e. The third-order valence-corrected chi connectivity index (χ3v) is 6.56. The van der Waals surface area contributed by atoms with Crippen LogP contribution in [-0.4, -0.2) is 42.5 Å². The Bertz CT molecular complexity index is 1050. The highest BCUT2D eigenvalue weighted by Crippen LogP contribution is 2.44. The first-order valence-corrected chi connectivity index (χ1v) is 11.2. The summed E-state index contributed by atoms with van der Waals surface area (Å²) in [6.07, 6.45) is 3.24. The van der Waals surface area contributed by atoms with Gasteiger partial charge in [0.1, 0.15) is 12.4 Å². The second kappa shape index (κ2) is 9.01. The van der Waals surface area contributed by atoms with Crippen LogP contribution < -0.4 is 10.2 Å². The van der Waals surface area contributed by atoms with Gasteiger partial charge in [-0.15, -0.1) is 0 Å². The molecule has 0 radical (unpaired) electrons. The number of amides is 1. The largest absolute Gasteiger partial charge is 0.448 e. The lowest BCUT2D eigenvalue weighted by Crippen LogP contribution is -2.34. The molecule has 2 N–H and O–H groups in total. The monoisotopic (exact) mass is 429 g/mol. The molecular weight excluding hydrogens is 402 g/mol. The van der Waals surface area contributed by atoms with E-state index in [-0.39, 0.29) is 19.1 Å². The number of piperidine rings is 1. The van der Waals surface area contributed by atoms with Gasteiger partial charge in [-0.3, -0.25) is 5.32 Å². The lowest BCUT2D eigenvalue weighted by atomic mass is 9.98. The second-order valence-electron chi connectivity index (χ2n) is 8.47. The molecule has 1 saturated heterocycles. The van der Waals surface area contributed by atoms with Crippen molar-refractivity contribution in [3.8, 4) is 11.1 Å². The molecule has 1 aliphatic heterocycles. The Kier molecular flexibility index (Phi) is 5.77. The molecule has 3 aromatic rings. The van der Waals surface area contributed by atoms with Crippen LogP contribution in [-0.2, 0) is 4.74 Å². The molecule has 0 atom stereocenters. The first-order chi connectivity index (χ1) is 15.7. The van der Waals surface area contributed by atoms with Gasteiger partial charge in [0.25, 0.3) is 0 Å². The molecule has 2 aliphatic rings. The Hall–Kier alpha value is -3.38. The van der Waals surface area contributed by atoms with Gasteiger partial charge in [-0.25, -0.2) is 9.78 Å². The number of nitrogens with zero attached hydrogens (tertiary/aromatic N) is 2. The zero-order chi connectivity index (χ0) is 21.9. The van der Waals surface area contributed by atoms with Crippen molar-refractivity contribution in [2.45, 2.75) is 18.8 Å². The highest BCUT2D eigenvalue weighted by molar-refractivity contribution is 5.84. The van der Waals surface area contributed by atoms with E-state index >= 15 is 0 Å². The lowest BCUT2D eigenvalue weighted by Gasteiger charge is -2.32. The third-order valence-electron chi connectivity index (χ3n) is 6.56. The van der Waals surface area contributed by atoms with Crippen molar-refractivity contribution >= 4 is 17.6 Å². The van der Waals surface area contributed by atoms with Gasteiger partial charge in [0.2, 0.25) is 0 Å². The molecule has 2 heterocycles. The summed E-state index contributed by atoms with van der Waals surface area (Å²) in [6.45, 7) is 2.35. The summed E-state index contributed by atoms with van der Waals surface area (Å²) in [5, 5.41) is 12.0. The van der Waals surface area contributed by atoms with E-state index in [1.54, 1.807) is 12.3 Å². The van der Waals surface area contributed by atoms with Gasteiger partial charge in [0.15, 0.2) is 0 Å². The van der Waals surface area contributed by atoms with Gasteiger partial charge < -0.3 is 14.7 Å². The molecule has 1 aromatic heterocycles. The Labute approximate surface area is 187 Å². The highest BCUT2D eigenvalue weighted by Gasteiger charge is 2.29. The topological polar surface area (TPSA) is 74.7 Å². The van der Waals surface area contributed by atoms with E-state index in [2.05, 4.69) is 39.5 Å². The highest BCUT2D eigenvalue weighted by atomic mass is 16.5. The van der Waals surface area contributed by atoms with E-state index in [9.17, 15) is 9.90 Å². The number of hydrogen-bond donors (Lipinski definition) is 2. The summed E-state index contributed by atoms with van der Waals surface area (Å²) >= 11 is 0. The molecule has 0 spiro atoms. The fourth-order valence-electron chi connectivity index (χ4n) is 4.76. The van der Waals surface area contributed by atoms with Crippen LogP contribution in [0.1, 0.15) is 29.9 Å². The summed E-state index contributed by atoms with van der Waals surface area (Å²) in [5.41, 5.74) is 5.82. The molecule has 1 fully saturated rings. The lowest BCUT2D eigenvalue weighted by molar-refractivity contribution is 0.158. The van der Waals surface area contributed by atoms with Crippen molar-refractivity contribution < 1.29 is 14.6 Å². The fourth-order valence-corrected chi connectivity index (χ4v) is 4.76. The van der Waals surface area contributed by atoms with Crippen LogP contribution in [0.25, 0.3) is 11.1 Å². The number of anilines is 2. The molecule has 0 saturated carbocycles. The van der Waals surface area contributed by atoms with E-state index in [1.165, 1.54) is 22.3 Å². The van der Waals surface area contributed by atoms with Gasteiger partial charge in [-0.2, -0.15) is 0 Å². The summed E-state index contributed by atoms with van der Waals surface area (Å²) in [5.74, 6) is 0.898. The minimum atomic E-state index is -0.504. The summed E-state index contributed by atoms with van der Waals surface area (Å²) in [6, 6.07) is 20.3. The third kappa shape index (κ3) is 4.06. The first kappa shape index (κ1) is 20.5. The van der Waals surface area contributed by atoms with Crippen LogP contribution in [0.4, 0.5) is 16.3 Å². The Balaban J connectivity index is 1.19. The van der Waals surface area contributed by atoms with E-state index in [4.69, 9.17) is 4.74 Å². The molecule has 6 heteroatoms. The molecule has 164 valence electrons. The predicted molar refractivity (Wildman–Crippen MR) is 125 cm³/mol. The van der Waals surface area contributed by atoms with Crippen LogP contribution in [0.2, 0.25) is 0 Å². The molecular formula is C26H27N3O3. The Morgan fingerprint density at radius 2 is 1.66 bits per heavy atom. The zero-order valence-electron chi connectivity index (χ0n) is 17.9. The number of rotatable bonds is 5. The van der Waals surface area contributed by atoms with Crippen molar-refractivity contribution in [3.63, 3.8) is 0 Å². The first-order valence-electron chi connectivity index (χ1n) is 11.2. The molecule has 1 amide bonds. The average Bonchev–Trinajstić information content (AvgIpc) is 3.17. The fraction of sp³-hybridized carbons (Fsp3) is 0.308. The van der Waals surface area contributed by atoms with E-state index in [0.29, 0.717) is 11.7 Å². The van der Waals surface area contributed by atoms with Crippen molar-refractivity contribution in [2.24, 2.45) is 5.92 Å². The molecule has 0 unspecified atom stereocenters. The summed E-state index contributed by atoms with van der Waals surface area (Å²) in [7, 11) is 0. The predicted octanol–water partition coefficient (Wildman–Crippen LogP) is 4.65. The molecule has 0 bridgehead atoms. The maximum atomic E-state index is 12.4. The van der Waals surface area contributed by atoms with E-state index in [1.807, 2.05) is 30.3 Å². The standard InChI is InChI=1S/C26H27N3O3/c30-16-18-11-13-29(14-12-18)19-9-10-25(27-15-19)28-26(31)32-17-24-22-7-3-1-5-20(22)21-6-2-4-8-23(21)24/h1-10,15,18,24,30H,11-14,16-17H2,(H,27,28,31). The maximum Gasteiger partial charge on any atom is 0.412 e. The van der Waals surface area contributed by atoms with Crippen LogP contribution in [0, 0.1) is 5.92 Å². The van der Waals surface area contributed by atoms with E-state index in [0.717, 1.165) is 31.6 Å². The number of nitrogens with one attached hydrogen (secondary N) is 1. The van der Waals surface area contributed by atoms with Gasteiger partial charge in [-0.05, 0) is 53.1 Å². The molecule has 6 nitrogen and oxygen atoms in total. The number of aliphatic hydroxyl groups excluding tert-OH is 1. The van der Waals surface area contributed by atoms with Crippen LogP contribution in [0.3, 0.4) is 0 Å². The number of aromatic nitrogens is 1. The minimum Gasteiger partial charge on any atom is -0.448 e. The van der Waals surface area contributed by atoms with Gasteiger partial charge >= 0.3 is 6.09 Å². The number of carbonyl (C=O) groups excluding carboxylic acids is 1. The number of ether oxygens (including phenoxy) is 1. The molecule has 1 aliphatic carbocycles. The summed E-state index contributed by atoms with van der Waals surface area (Å²) < 4.78 is 5.59. The summed E-state index contributed by atoms with van der Waals surface area (Å²) in [4.78, 5) is 19.1. The number of benzene rings is 2. The molecule has 5 rings (SSSR count). The van der Waals surface area contributed by atoms with Gasteiger partial charge in [0.05, 0.1) is 11.9 Å². The van der Waals surface area contributed by atoms with Gasteiger partial charge in [0, 0.05) is 25.6 Å². The Morgan fingerprint density at radius 1 is 1.00 bits per heavy atom. The van der Waals surface area contributed by atoms with Crippen LogP contribution in [0.5, 0.6) is 0 Å². The number of pyridine rings is 1. The number of carbonyl (C=O) groups is 1. The van der Waals surface area contributed by atoms with Crippen molar-refractivity contribution in [1.29, 1.82) is 0 Å². The zero-order valence-corrected chi connectivity index (χ0v) is 17.9. The maximum absolute atomic E-state index is 12.4. The van der Waals surface area contributed by atoms with Crippen molar-refractivity contribution in [1.82, 2.24) is 4.98 Å². The normalized spacial score (nSPS) is 15.8. The van der Waals surface area contributed by atoms with E-state index < -0.39 is 6.09 Å². The number of aliphatic hydroxyl groups is 1. The number of hydrogen-bond acceptors (Lipinski definition) is 5. The second-order valence-corrected chi connectivity index (χ2v) is 8.47. The molecule has 2 aromatic carbocycles. The number of fused-ring (bicyclic) bond motifs is 3. The van der Waals surface area contributed by atoms with Crippen LogP contribution >= 0.6 is 0 Å². The van der Waals surface area contributed by atoms with Gasteiger partial charge in [-0.1, -0.05) is 48.5 Å². The van der Waals surface area contributed by atoms with Crippen molar-refractivity contribution in [3.05, 3.63) is 78.0 Å². The average molecular weight is 430 g/mol. The minimum absolute atomic E-state index is 0.0327. The SMILES string of the molecule is O=C(Nc1ccc(N2CCC(CO)CC2)cn1)OCC1c2ccccc2-c2ccccc21. The quantitative estimate of drug-likeness (QED) is 0.618. The van der Waals surface area contributed by atoms with Crippen LogP contribution in [0.15, 0.2) is 66.9 Å².